The van der Waals surface area contributed by atoms with Crippen LogP contribution in [0.1, 0.15) is 84.5 Å². The molecule has 0 aromatic rings. The molecule has 2 N–H and O–H groups in total. The van der Waals surface area contributed by atoms with E-state index < -0.39 is 0 Å². The third-order valence-corrected chi connectivity index (χ3v) is 3.11. The fourth-order valence-electron chi connectivity index (χ4n) is 1.94. The average Bonchev–Trinajstić information content (AvgIpc) is 2.37. The average molecular weight is 293 g/mol. The third-order valence-electron chi connectivity index (χ3n) is 3.11. The SMILES string of the molecule is CCCCCCCCCCCC(=O)NNCCC.Cl. The van der Waals surface area contributed by atoms with Gasteiger partial charge < -0.3 is 0 Å². The van der Waals surface area contributed by atoms with Crippen LogP contribution in [0.4, 0.5) is 0 Å². The van der Waals surface area contributed by atoms with Crippen molar-refractivity contribution >= 4 is 18.3 Å². The third kappa shape index (κ3) is 17.7. The van der Waals surface area contributed by atoms with Gasteiger partial charge in [0.25, 0.3) is 0 Å². The number of hydrogen-bond donors (Lipinski definition) is 2. The van der Waals surface area contributed by atoms with Crippen molar-refractivity contribution in [3.05, 3.63) is 0 Å². The maximum absolute atomic E-state index is 11.4. The zero-order valence-electron chi connectivity index (χ0n) is 12.8. The minimum atomic E-state index is 0. The molecule has 0 rings (SSSR count). The lowest BCUT2D eigenvalue weighted by atomic mass is 10.1. The van der Waals surface area contributed by atoms with Crippen LogP contribution in [0.3, 0.4) is 0 Å². The second-order valence-electron chi connectivity index (χ2n) is 5.05. The summed E-state index contributed by atoms with van der Waals surface area (Å²) in [6.07, 6.45) is 13.4. The summed E-state index contributed by atoms with van der Waals surface area (Å²) in [5.74, 6) is 0.131. The van der Waals surface area contributed by atoms with E-state index in [2.05, 4.69) is 24.7 Å². The van der Waals surface area contributed by atoms with E-state index in [0.29, 0.717) is 6.42 Å². The predicted octanol–water partition coefficient (Wildman–Crippen LogP) is 4.36. The summed E-state index contributed by atoms with van der Waals surface area (Å²) in [4.78, 5) is 11.4. The highest BCUT2D eigenvalue weighted by atomic mass is 35.5. The van der Waals surface area contributed by atoms with Gasteiger partial charge in [-0.1, -0.05) is 65.2 Å². The number of carbonyl (C=O) groups is 1. The molecule has 0 aliphatic carbocycles. The Morgan fingerprint density at radius 2 is 1.32 bits per heavy atom. The number of carbonyl (C=O) groups excluding carboxylic acids is 1. The smallest absolute Gasteiger partial charge is 0.234 e. The van der Waals surface area contributed by atoms with E-state index in [1.54, 1.807) is 0 Å². The molecule has 0 spiro atoms. The Hall–Kier alpha value is -0.280. The Morgan fingerprint density at radius 1 is 0.789 bits per heavy atom. The van der Waals surface area contributed by atoms with Gasteiger partial charge in [-0.05, 0) is 12.8 Å². The van der Waals surface area contributed by atoms with Gasteiger partial charge in [-0.25, -0.2) is 5.43 Å². The van der Waals surface area contributed by atoms with Crippen LogP contribution in [0.5, 0.6) is 0 Å². The molecule has 0 fully saturated rings. The van der Waals surface area contributed by atoms with Crippen LogP contribution in [0.2, 0.25) is 0 Å². The summed E-state index contributed by atoms with van der Waals surface area (Å²) in [5, 5.41) is 0. The molecule has 1 amide bonds. The first-order chi connectivity index (χ1) is 8.81. The molecule has 0 radical (unpaired) electrons. The highest BCUT2D eigenvalue weighted by Crippen LogP contribution is 2.10. The molecule has 0 saturated heterocycles. The molecule has 0 aromatic carbocycles. The Kier molecular flexibility index (Phi) is 19.6. The lowest BCUT2D eigenvalue weighted by molar-refractivity contribution is -0.122. The van der Waals surface area contributed by atoms with Gasteiger partial charge in [0, 0.05) is 13.0 Å². The van der Waals surface area contributed by atoms with Crippen molar-refractivity contribution in [2.24, 2.45) is 0 Å². The van der Waals surface area contributed by atoms with E-state index in [0.717, 1.165) is 19.4 Å². The van der Waals surface area contributed by atoms with Crippen molar-refractivity contribution in [2.75, 3.05) is 6.54 Å². The fraction of sp³-hybridized carbons (Fsp3) is 0.933. The number of unbranched alkanes of at least 4 members (excludes halogenated alkanes) is 8. The van der Waals surface area contributed by atoms with Gasteiger partial charge in [-0.2, -0.15) is 0 Å². The summed E-state index contributed by atoms with van der Waals surface area (Å²) < 4.78 is 0. The molecule has 0 aliphatic heterocycles. The first-order valence-electron chi connectivity index (χ1n) is 7.83. The van der Waals surface area contributed by atoms with E-state index in [-0.39, 0.29) is 18.3 Å². The second-order valence-corrected chi connectivity index (χ2v) is 5.05. The standard InChI is InChI=1S/C15H32N2O.ClH/c1-3-5-6-7-8-9-10-11-12-13-15(18)17-16-14-4-2;/h16H,3-14H2,1-2H3,(H,17,18);1H. The maximum Gasteiger partial charge on any atom is 0.234 e. The summed E-state index contributed by atoms with van der Waals surface area (Å²) >= 11 is 0. The van der Waals surface area contributed by atoms with E-state index in [1.165, 1.54) is 51.4 Å². The van der Waals surface area contributed by atoms with Crippen LogP contribution in [0.15, 0.2) is 0 Å². The van der Waals surface area contributed by atoms with E-state index in [1.807, 2.05) is 0 Å². The van der Waals surface area contributed by atoms with Gasteiger partial charge in [0.05, 0.1) is 0 Å². The number of hydrazine groups is 1. The maximum atomic E-state index is 11.4. The van der Waals surface area contributed by atoms with Crippen LogP contribution in [-0.4, -0.2) is 12.5 Å². The van der Waals surface area contributed by atoms with E-state index in [9.17, 15) is 4.79 Å². The molecular formula is C15H33ClN2O. The fourth-order valence-corrected chi connectivity index (χ4v) is 1.94. The number of nitrogens with one attached hydrogen (secondary N) is 2. The minimum absolute atomic E-state index is 0. The van der Waals surface area contributed by atoms with Gasteiger partial charge in [-0.15, -0.1) is 12.4 Å². The molecule has 0 aliphatic rings. The molecule has 19 heavy (non-hydrogen) atoms. The summed E-state index contributed by atoms with van der Waals surface area (Å²) in [7, 11) is 0. The Bertz CT molecular complexity index is 189. The molecule has 116 valence electrons. The molecule has 0 unspecified atom stereocenters. The molecule has 0 heterocycles. The lowest BCUT2D eigenvalue weighted by Gasteiger charge is -2.05. The second kappa shape index (κ2) is 17.7. The van der Waals surface area contributed by atoms with Crippen LogP contribution in [0.25, 0.3) is 0 Å². The summed E-state index contributed by atoms with van der Waals surface area (Å²) in [6.45, 7) is 5.18. The summed E-state index contributed by atoms with van der Waals surface area (Å²) in [5.41, 5.74) is 5.64. The van der Waals surface area contributed by atoms with Crippen LogP contribution in [0, 0.1) is 0 Å². The monoisotopic (exact) mass is 292 g/mol. The van der Waals surface area contributed by atoms with Crippen molar-refractivity contribution in [3.63, 3.8) is 0 Å². The van der Waals surface area contributed by atoms with Gasteiger partial charge in [0.1, 0.15) is 0 Å². The molecule has 0 atom stereocenters. The van der Waals surface area contributed by atoms with Crippen LogP contribution >= 0.6 is 12.4 Å². The molecule has 0 saturated carbocycles. The molecular weight excluding hydrogens is 260 g/mol. The molecule has 3 nitrogen and oxygen atoms in total. The highest BCUT2D eigenvalue weighted by Gasteiger charge is 1.99. The van der Waals surface area contributed by atoms with Gasteiger partial charge in [0.15, 0.2) is 0 Å². The van der Waals surface area contributed by atoms with Crippen molar-refractivity contribution in [1.29, 1.82) is 0 Å². The Balaban J connectivity index is 0. The Morgan fingerprint density at radius 3 is 1.84 bits per heavy atom. The number of halogens is 1. The molecule has 4 heteroatoms. The minimum Gasteiger partial charge on any atom is -0.292 e. The van der Waals surface area contributed by atoms with E-state index in [4.69, 9.17) is 0 Å². The van der Waals surface area contributed by atoms with E-state index >= 15 is 0 Å². The van der Waals surface area contributed by atoms with Gasteiger partial charge >= 0.3 is 0 Å². The van der Waals surface area contributed by atoms with Crippen molar-refractivity contribution in [1.82, 2.24) is 10.9 Å². The molecule has 0 bridgehead atoms. The quantitative estimate of drug-likeness (QED) is 0.391. The largest absolute Gasteiger partial charge is 0.292 e. The summed E-state index contributed by atoms with van der Waals surface area (Å²) in [6, 6.07) is 0. The number of hydrogen-bond acceptors (Lipinski definition) is 2. The Labute approximate surface area is 125 Å². The van der Waals surface area contributed by atoms with Crippen LogP contribution in [-0.2, 0) is 4.79 Å². The van der Waals surface area contributed by atoms with Crippen molar-refractivity contribution in [2.45, 2.75) is 84.5 Å². The van der Waals surface area contributed by atoms with Crippen LogP contribution < -0.4 is 10.9 Å². The predicted molar refractivity (Wildman–Crippen MR) is 85.5 cm³/mol. The first-order valence-corrected chi connectivity index (χ1v) is 7.83. The zero-order chi connectivity index (χ0) is 13.5. The van der Waals surface area contributed by atoms with Crippen molar-refractivity contribution < 1.29 is 4.79 Å². The molecule has 0 aromatic heterocycles. The highest BCUT2D eigenvalue weighted by molar-refractivity contribution is 5.85. The topological polar surface area (TPSA) is 41.1 Å². The number of rotatable bonds is 13. The van der Waals surface area contributed by atoms with Gasteiger partial charge in [0.2, 0.25) is 5.91 Å². The lowest BCUT2D eigenvalue weighted by Crippen LogP contribution is -2.37. The number of amides is 1. The normalized spacial score (nSPS) is 10.0. The van der Waals surface area contributed by atoms with Gasteiger partial charge in [-0.3, -0.25) is 10.2 Å². The first kappa shape index (κ1) is 21.0. The van der Waals surface area contributed by atoms with Crippen molar-refractivity contribution in [3.8, 4) is 0 Å². The zero-order valence-corrected chi connectivity index (χ0v) is 13.6.